The Kier molecular flexibility index (Phi) is 4.21. The monoisotopic (exact) mass is 284 g/mol. The first-order valence-corrected chi connectivity index (χ1v) is 6.78. The van der Waals surface area contributed by atoms with Crippen LogP contribution in [0.15, 0.2) is 24.4 Å². The van der Waals surface area contributed by atoms with Crippen molar-refractivity contribution in [2.75, 3.05) is 24.3 Å². The summed E-state index contributed by atoms with van der Waals surface area (Å²) in [6.45, 7) is 5.79. The molecule has 0 saturated carbocycles. The topological polar surface area (TPSA) is 58.1 Å². The lowest BCUT2D eigenvalue weighted by molar-refractivity contribution is 0.102. The maximum Gasteiger partial charge on any atom is 0.274 e. The molecule has 2 heterocycles. The van der Waals surface area contributed by atoms with E-state index < -0.39 is 0 Å². The molecule has 21 heavy (non-hydrogen) atoms. The quantitative estimate of drug-likeness (QED) is 0.941. The number of nitrogens with zero attached hydrogens (tertiary/aromatic N) is 3. The van der Waals surface area contributed by atoms with Gasteiger partial charge in [-0.3, -0.25) is 14.8 Å². The van der Waals surface area contributed by atoms with Crippen LogP contribution in [-0.4, -0.2) is 30.0 Å². The summed E-state index contributed by atoms with van der Waals surface area (Å²) in [6, 6.07) is 5.58. The molecule has 0 aliphatic carbocycles. The molecule has 0 aliphatic rings. The van der Waals surface area contributed by atoms with Crippen molar-refractivity contribution in [2.45, 2.75) is 20.8 Å². The van der Waals surface area contributed by atoms with Gasteiger partial charge in [0.05, 0.1) is 11.4 Å². The Morgan fingerprint density at radius 2 is 1.90 bits per heavy atom. The second kappa shape index (κ2) is 5.91. The molecule has 0 aromatic carbocycles. The summed E-state index contributed by atoms with van der Waals surface area (Å²) < 4.78 is 0. The highest BCUT2D eigenvalue weighted by Crippen LogP contribution is 2.20. The van der Waals surface area contributed by atoms with Crippen molar-refractivity contribution in [3.63, 3.8) is 0 Å². The van der Waals surface area contributed by atoms with E-state index >= 15 is 0 Å². The summed E-state index contributed by atoms with van der Waals surface area (Å²) in [4.78, 5) is 22.8. The van der Waals surface area contributed by atoms with Gasteiger partial charge in [-0.25, -0.2) is 0 Å². The molecule has 2 rings (SSSR count). The van der Waals surface area contributed by atoms with Gasteiger partial charge in [-0.15, -0.1) is 0 Å². The largest absolute Gasteiger partial charge is 0.378 e. The van der Waals surface area contributed by atoms with Crippen LogP contribution in [0.5, 0.6) is 0 Å². The Morgan fingerprint density at radius 1 is 1.19 bits per heavy atom. The number of hydrogen-bond donors (Lipinski definition) is 1. The number of rotatable bonds is 3. The molecule has 0 fully saturated rings. The first-order chi connectivity index (χ1) is 9.88. The van der Waals surface area contributed by atoms with Crippen molar-refractivity contribution in [3.8, 4) is 0 Å². The Hall–Kier alpha value is -2.43. The molecule has 0 bridgehead atoms. The lowest BCUT2D eigenvalue weighted by Gasteiger charge is -2.14. The zero-order valence-corrected chi connectivity index (χ0v) is 13.1. The van der Waals surface area contributed by atoms with Crippen molar-refractivity contribution in [1.29, 1.82) is 0 Å². The number of aryl methyl sites for hydroxylation is 3. The molecule has 0 saturated heterocycles. The van der Waals surface area contributed by atoms with E-state index in [9.17, 15) is 4.79 Å². The standard InChI is InChI=1S/C16H20N4O/c1-10-8-11(2)18-12(3)15(10)19-16(21)14-9-13(20(4)5)6-7-17-14/h6-9H,1-5H3,(H,19,21). The zero-order chi connectivity index (χ0) is 15.6. The Labute approximate surface area is 125 Å². The van der Waals surface area contributed by atoms with Crippen LogP contribution in [0.3, 0.4) is 0 Å². The average molecular weight is 284 g/mol. The minimum absolute atomic E-state index is 0.226. The van der Waals surface area contributed by atoms with Crippen molar-refractivity contribution < 1.29 is 4.79 Å². The maximum absolute atomic E-state index is 12.4. The van der Waals surface area contributed by atoms with Gasteiger partial charge in [0.25, 0.3) is 5.91 Å². The van der Waals surface area contributed by atoms with Gasteiger partial charge < -0.3 is 10.2 Å². The Morgan fingerprint density at radius 3 is 2.52 bits per heavy atom. The molecule has 5 nitrogen and oxygen atoms in total. The van der Waals surface area contributed by atoms with Crippen LogP contribution >= 0.6 is 0 Å². The predicted molar refractivity (Wildman–Crippen MR) is 85.0 cm³/mol. The van der Waals surface area contributed by atoms with Crippen LogP contribution in [-0.2, 0) is 0 Å². The minimum Gasteiger partial charge on any atom is -0.378 e. The molecule has 0 atom stereocenters. The minimum atomic E-state index is -0.226. The van der Waals surface area contributed by atoms with Gasteiger partial charge in [0.1, 0.15) is 5.69 Å². The first kappa shape index (κ1) is 15.0. The van der Waals surface area contributed by atoms with Crippen molar-refractivity contribution in [2.24, 2.45) is 0 Å². The third-order valence-corrected chi connectivity index (χ3v) is 3.26. The van der Waals surface area contributed by atoms with Gasteiger partial charge in [-0.1, -0.05) is 0 Å². The molecule has 0 spiro atoms. The van der Waals surface area contributed by atoms with E-state index in [0.717, 1.165) is 28.3 Å². The summed E-state index contributed by atoms with van der Waals surface area (Å²) >= 11 is 0. The molecule has 110 valence electrons. The van der Waals surface area contributed by atoms with Crippen LogP contribution in [0.25, 0.3) is 0 Å². The number of pyridine rings is 2. The number of nitrogens with one attached hydrogen (secondary N) is 1. The number of aromatic nitrogens is 2. The summed E-state index contributed by atoms with van der Waals surface area (Å²) in [6.07, 6.45) is 1.64. The number of carbonyl (C=O) groups is 1. The Bertz CT molecular complexity index is 657. The molecule has 0 unspecified atom stereocenters. The third-order valence-electron chi connectivity index (χ3n) is 3.26. The number of hydrogen-bond acceptors (Lipinski definition) is 4. The van der Waals surface area contributed by atoms with Crippen LogP contribution in [0, 0.1) is 20.8 Å². The second-order valence-corrected chi connectivity index (χ2v) is 5.29. The average Bonchev–Trinajstić information content (AvgIpc) is 2.42. The summed E-state index contributed by atoms with van der Waals surface area (Å²) in [5.41, 5.74) is 4.83. The van der Waals surface area contributed by atoms with E-state index in [1.165, 1.54) is 0 Å². The molecule has 1 N–H and O–H groups in total. The normalized spacial score (nSPS) is 10.3. The fourth-order valence-corrected chi connectivity index (χ4v) is 2.21. The molecule has 0 aliphatic heterocycles. The van der Waals surface area contributed by atoms with E-state index in [1.807, 2.05) is 51.9 Å². The highest BCUT2D eigenvalue weighted by Gasteiger charge is 2.13. The SMILES string of the molecule is Cc1cc(C)c(NC(=O)c2cc(N(C)C)ccn2)c(C)n1. The van der Waals surface area contributed by atoms with Gasteiger partial charge in [-0.2, -0.15) is 0 Å². The molecule has 5 heteroatoms. The third kappa shape index (κ3) is 3.37. The predicted octanol–water partition coefficient (Wildman–Crippen LogP) is 2.72. The fourth-order valence-electron chi connectivity index (χ4n) is 2.21. The molecule has 2 aromatic heterocycles. The van der Waals surface area contributed by atoms with Crippen molar-refractivity contribution >= 4 is 17.3 Å². The fraction of sp³-hybridized carbons (Fsp3) is 0.312. The number of carbonyl (C=O) groups excluding carboxylic acids is 1. The number of amides is 1. The Balaban J connectivity index is 2.28. The molecule has 0 radical (unpaired) electrons. The van der Waals surface area contributed by atoms with Gasteiger partial charge >= 0.3 is 0 Å². The summed E-state index contributed by atoms with van der Waals surface area (Å²) in [7, 11) is 3.85. The molecule has 1 amide bonds. The summed E-state index contributed by atoms with van der Waals surface area (Å²) in [5.74, 6) is -0.226. The molecular formula is C16H20N4O. The van der Waals surface area contributed by atoms with Crippen LogP contribution in [0.1, 0.15) is 27.4 Å². The smallest absolute Gasteiger partial charge is 0.274 e. The van der Waals surface area contributed by atoms with Gasteiger partial charge in [0.2, 0.25) is 0 Å². The van der Waals surface area contributed by atoms with Crippen molar-refractivity contribution in [3.05, 3.63) is 47.0 Å². The van der Waals surface area contributed by atoms with E-state index in [4.69, 9.17) is 0 Å². The first-order valence-electron chi connectivity index (χ1n) is 6.78. The van der Waals surface area contributed by atoms with E-state index in [2.05, 4.69) is 15.3 Å². The van der Waals surface area contributed by atoms with Crippen LogP contribution in [0.4, 0.5) is 11.4 Å². The zero-order valence-electron chi connectivity index (χ0n) is 13.1. The number of anilines is 2. The second-order valence-electron chi connectivity index (χ2n) is 5.29. The van der Waals surface area contributed by atoms with Crippen LogP contribution in [0.2, 0.25) is 0 Å². The highest BCUT2D eigenvalue weighted by molar-refractivity contribution is 6.04. The van der Waals surface area contributed by atoms with Gasteiger partial charge in [0.15, 0.2) is 0 Å². The molecule has 2 aromatic rings. The maximum atomic E-state index is 12.4. The van der Waals surface area contributed by atoms with Gasteiger partial charge in [-0.05, 0) is 44.5 Å². The van der Waals surface area contributed by atoms with E-state index in [-0.39, 0.29) is 5.91 Å². The summed E-state index contributed by atoms with van der Waals surface area (Å²) in [5, 5.41) is 2.91. The van der Waals surface area contributed by atoms with E-state index in [1.54, 1.807) is 12.3 Å². The molecular weight excluding hydrogens is 264 g/mol. The van der Waals surface area contributed by atoms with Gasteiger partial charge in [0, 0.05) is 31.7 Å². The van der Waals surface area contributed by atoms with E-state index in [0.29, 0.717) is 5.69 Å². The lowest BCUT2D eigenvalue weighted by Crippen LogP contribution is -2.17. The van der Waals surface area contributed by atoms with Crippen molar-refractivity contribution in [1.82, 2.24) is 9.97 Å². The lowest BCUT2D eigenvalue weighted by atomic mass is 10.1. The van der Waals surface area contributed by atoms with Crippen LogP contribution < -0.4 is 10.2 Å². The highest BCUT2D eigenvalue weighted by atomic mass is 16.1.